The van der Waals surface area contributed by atoms with Gasteiger partial charge >= 0.3 is 0 Å². The summed E-state index contributed by atoms with van der Waals surface area (Å²) < 4.78 is 0. The van der Waals surface area contributed by atoms with Crippen molar-refractivity contribution in [2.24, 2.45) is 0 Å². The number of aliphatic hydroxyl groups excluding tert-OH is 1. The van der Waals surface area contributed by atoms with Crippen LogP contribution in [0.2, 0.25) is 10.0 Å². The van der Waals surface area contributed by atoms with Gasteiger partial charge in [-0.25, -0.2) is 0 Å². The van der Waals surface area contributed by atoms with Gasteiger partial charge in [0, 0.05) is 21.3 Å². The molecular weight excluding hydrogens is 329 g/mol. The molecule has 2 rings (SSSR count). The van der Waals surface area contributed by atoms with Crippen molar-refractivity contribution in [3.8, 4) is 0 Å². The van der Waals surface area contributed by atoms with Crippen LogP contribution in [0.5, 0.6) is 0 Å². The number of carbonyl (C=O) groups is 1. The SMILES string of the molecule is C[C@H](O)c1ccc(CCNC(=O)c2cc(Cl)ccc2Cl)s1. The highest BCUT2D eigenvalue weighted by molar-refractivity contribution is 7.12. The lowest BCUT2D eigenvalue weighted by molar-refractivity contribution is 0.0954. The van der Waals surface area contributed by atoms with Crippen LogP contribution in [0.4, 0.5) is 0 Å². The molecule has 6 heteroatoms. The molecule has 0 saturated carbocycles. The lowest BCUT2D eigenvalue weighted by Gasteiger charge is -2.06. The molecule has 0 bridgehead atoms. The van der Waals surface area contributed by atoms with Crippen LogP contribution >= 0.6 is 34.5 Å². The van der Waals surface area contributed by atoms with Gasteiger partial charge in [0.15, 0.2) is 0 Å². The number of hydrogen-bond donors (Lipinski definition) is 2. The van der Waals surface area contributed by atoms with E-state index in [4.69, 9.17) is 23.2 Å². The second-order valence-electron chi connectivity index (χ2n) is 4.61. The quantitative estimate of drug-likeness (QED) is 0.859. The van der Waals surface area contributed by atoms with Crippen LogP contribution in [0.25, 0.3) is 0 Å². The average molecular weight is 344 g/mol. The van der Waals surface area contributed by atoms with Crippen LogP contribution in [0.3, 0.4) is 0 Å². The van der Waals surface area contributed by atoms with Gasteiger partial charge in [0.1, 0.15) is 0 Å². The molecule has 2 aromatic rings. The molecule has 21 heavy (non-hydrogen) atoms. The van der Waals surface area contributed by atoms with Crippen molar-refractivity contribution in [2.45, 2.75) is 19.4 Å². The third-order valence-electron chi connectivity index (χ3n) is 2.92. The smallest absolute Gasteiger partial charge is 0.252 e. The summed E-state index contributed by atoms with van der Waals surface area (Å²) in [5, 5.41) is 13.1. The highest BCUT2D eigenvalue weighted by Crippen LogP contribution is 2.23. The minimum Gasteiger partial charge on any atom is -0.388 e. The summed E-state index contributed by atoms with van der Waals surface area (Å²) in [5.74, 6) is -0.241. The highest BCUT2D eigenvalue weighted by Gasteiger charge is 2.11. The molecule has 0 radical (unpaired) electrons. The standard InChI is InChI=1S/C15H15Cl2NO2S/c1-9(19)14-5-3-11(21-14)6-7-18-15(20)12-8-10(16)2-4-13(12)17/h2-5,8-9,19H,6-7H2,1H3,(H,18,20)/t9-/m0/s1. The number of carbonyl (C=O) groups excluding carboxylic acids is 1. The molecule has 1 amide bonds. The zero-order valence-electron chi connectivity index (χ0n) is 11.4. The van der Waals surface area contributed by atoms with E-state index in [1.807, 2.05) is 12.1 Å². The van der Waals surface area contributed by atoms with Crippen LogP contribution in [0, 0.1) is 0 Å². The van der Waals surface area contributed by atoms with E-state index in [-0.39, 0.29) is 5.91 Å². The third kappa shape index (κ3) is 4.45. The molecule has 0 aliphatic carbocycles. The predicted octanol–water partition coefficient (Wildman–Crippen LogP) is 4.08. The molecule has 0 aliphatic heterocycles. The Morgan fingerprint density at radius 2 is 2.10 bits per heavy atom. The van der Waals surface area contributed by atoms with Crippen molar-refractivity contribution in [1.82, 2.24) is 5.32 Å². The molecule has 112 valence electrons. The van der Waals surface area contributed by atoms with Crippen LogP contribution in [0.1, 0.15) is 33.1 Å². The molecule has 1 aromatic carbocycles. The first kappa shape index (κ1) is 16.3. The van der Waals surface area contributed by atoms with E-state index >= 15 is 0 Å². The van der Waals surface area contributed by atoms with Crippen molar-refractivity contribution in [2.75, 3.05) is 6.54 Å². The summed E-state index contributed by atoms with van der Waals surface area (Å²) >= 11 is 13.4. The fraction of sp³-hybridized carbons (Fsp3) is 0.267. The first-order valence-electron chi connectivity index (χ1n) is 6.47. The fourth-order valence-corrected chi connectivity index (χ4v) is 3.14. The number of rotatable bonds is 5. The predicted molar refractivity (Wildman–Crippen MR) is 87.5 cm³/mol. The molecule has 0 unspecified atom stereocenters. The number of aliphatic hydroxyl groups is 1. The van der Waals surface area contributed by atoms with Crippen molar-refractivity contribution in [3.63, 3.8) is 0 Å². The summed E-state index contributed by atoms with van der Waals surface area (Å²) in [6.45, 7) is 2.24. The summed E-state index contributed by atoms with van der Waals surface area (Å²) in [4.78, 5) is 14.1. The van der Waals surface area contributed by atoms with Crippen molar-refractivity contribution in [3.05, 3.63) is 55.7 Å². The molecule has 1 aromatic heterocycles. The summed E-state index contributed by atoms with van der Waals surface area (Å²) in [6, 6.07) is 8.67. The molecule has 0 saturated heterocycles. The van der Waals surface area contributed by atoms with Crippen LogP contribution < -0.4 is 5.32 Å². The monoisotopic (exact) mass is 343 g/mol. The first-order chi connectivity index (χ1) is 9.97. The number of hydrogen-bond acceptors (Lipinski definition) is 3. The molecule has 1 atom stereocenters. The second-order valence-corrected chi connectivity index (χ2v) is 6.65. The Balaban J connectivity index is 1.90. The van der Waals surface area contributed by atoms with E-state index in [2.05, 4.69) is 5.32 Å². The summed E-state index contributed by atoms with van der Waals surface area (Å²) in [7, 11) is 0. The number of thiophene rings is 1. The normalized spacial score (nSPS) is 12.2. The maximum Gasteiger partial charge on any atom is 0.252 e. The molecule has 0 aliphatic rings. The Morgan fingerprint density at radius 1 is 1.33 bits per heavy atom. The maximum atomic E-state index is 12.0. The van der Waals surface area contributed by atoms with Gasteiger partial charge in [-0.2, -0.15) is 0 Å². The summed E-state index contributed by atoms with van der Waals surface area (Å²) in [6.07, 6.45) is 0.255. The van der Waals surface area contributed by atoms with Crippen LogP contribution in [0.15, 0.2) is 30.3 Å². The van der Waals surface area contributed by atoms with Gasteiger partial charge < -0.3 is 10.4 Å². The number of amides is 1. The minimum atomic E-state index is -0.455. The Bertz CT molecular complexity index is 640. The van der Waals surface area contributed by atoms with Gasteiger partial charge in [-0.15, -0.1) is 11.3 Å². The fourth-order valence-electron chi connectivity index (χ4n) is 1.82. The molecule has 2 N–H and O–H groups in total. The zero-order chi connectivity index (χ0) is 15.4. The largest absolute Gasteiger partial charge is 0.388 e. The Kier molecular flexibility index (Phi) is 5.65. The minimum absolute atomic E-state index is 0.241. The zero-order valence-corrected chi connectivity index (χ0v) is 13.7. The van der Waals surface area contributed by atoms with E-state index in [1.54, 1.807) is 36.5 Å². The molecule has 1 heterocycles. The van der Waals surface area contributed by atoms with Crippen molar-refractivity contribution in [1.29, 1.82) is 0 Å². The first-order valence-corrected chi connectivity index (χ1v) is 8.04. The lowest BCUT2D eigenvalue weighted by atomic mass is 10.2. The van der Waals surface area contributed by atoms with E-state index in [9.17, 15) is 9.90 Å². The van der Waals surface area contributed by atoms with E-state index in [0.717, 1.165) is 9.75 Å². The number of benzene rings is 1. The Morgan fingerprint density at radius 3 is 2.76 bits per heavy atom. The van der Waals surface area contributed by atoms with Crippen LogP contribution in [-0.2, 0) is 6.42 Å². The van der Waals surface area contributed by atoms with E-state index in [0.29, 0.717) is 28.6 Å². The van der Waals surface area contributed by atoms with Gasteiger partial charge in [0.25, 0.3) is 5.91 Å². The third-order valence-corrected chi connectivity index (χ3v) is 4.80. The maximum absolute atomic E-state index is 12.0. The Hall–Kier alpha value is -1.07. The van der Waals surface area contributed by atoms with E-state index in [1.165, 1.54) is 0 Å². The van der Waals surface area contributed by atoms with Gasteiger partial charge in [0.2, 0.25) is 0 Å². The molecule has 3 nitrogen and oxygen atoms in total. The van der Waals surface area contributed by atoms with Crippen molar-refractivity contribution < 1.29 is 9.90 Å². The second kappa shape index (κ2) is 7.27. The average Bonchev–Trinajstić information content (AvgIpc) is 2.90. The highest BCUT2D eigenvalue weighted by atomic mass is 35.5. The van der Waals surface area contributed by atoms with Gasteiger partial charge in [0.05, 0.1) is 16.7 Å². The molecule has 0 spiro atoms. The van der Waals surface area contributed by atoms with Gasteiger partial charge in [-0.1, -0.05) is 23.2 Å². The lowest BCUT2D eigenvalue weighted by Crippen LogP contribution is -2.25. The topological polar surface area (TPSA) is 49.3 Å². The van der Waals surface area contributed by atoms with E-state index < -0.39 is 6.10 Å². The van der Waals surface area contributed by atoms with Crippen LogP contribution in [-0.4, -0.2) is 17.6 Å². The molecular formula is C15H15Cl2NO2S. The molecule has 0 fully saturated rings. The van der Waals surface area contributed by atoms with Gasteiger partial charge in [-0.05, 0) is 43.7 Å². The van der Waals surface area contributed by atoms with Crippen molar-refractivity contribution >= 4 is 40.4 Å². The van der Waals surface area contributed by atoms with Gasteiger partial charge in [-0.3, -0.25) is 4.79 Å². The Labute approximate surface area is 137 Å². The number of nitrogens with one attached hydrogen (secondary N) is 1. The number of halogens is 2. The summed E-state index contributed by atoms with van der Waals surface area (Å²) in [5.41, 5.74) is 0.375.